The van der Waals surface area contributed by atoms with Crippen LogP contribution in [0.4, 0.5) is 0 Å². The Labute approximate surface area is 140 Å². The molecule has 1 N–H and O–H groups in total. The van der Waals surface area contributed by atoms with E-state index in [1.54, 1.807) is 17.9 Å². The highest BCUT2D eigenvalue weighted by Gasteiger charge is 2.18. The van der Waals surface area contributed by atoms with Crippen LogP contribution in [0.25, 0.3) is 16.9 Å². The first kappa shape index (κ1) is 15.8. The van der Waals surface area contributed by atoms with E-state index >= 15 is 0 Å². The minimum atomic E-state index is -1.06. The van der Waals surface area contributed by atoms with Crippen molar-refractivity contribution in [2.45, 2.75) is 13.8 Å². The number of benzene rings is 2. The topological polar surface area (TPSA) is 64.3 Å². The molecule has 0 aliphatic rings. The molecule has 1 aromatic heterocycles. The van der Waals surface area contributed by atoms with E-state index in [4.69, 9.17) is 4.74 Å². The van der Waals surface area contributed by atoms with Crippen molar-refractivity contribution in [2.75, 3.05) is 7.11 Å². The summed E-state index contributed by atoms with van der Waals surface area (Å²) in [5.41, 5.74) is 4.45. The summed E-state index contributed by atoms with van der Waals surface area (Å²) in [6.45, 7) is 3.98. The second kappa shape index (κ2) is 6.20. The van der Waals surface area contributed by atoms with E-state index in [0.717, 1.165) is 22.4 Å². The SMILES string of the molecule is COc1ccc(C)cc1-c1cc(C(=O)O)nn1-c1ccc(C)cc1. The largest absolute Gasteiger partial charge is 0.496 e. The number of hydrogen-bond donors (Lipinski definition) is 1. The lowest BCUT2D eigenvalue weighted by Crippen LogP contribution is -2.03. The van der Waals surface area contributed by atoms with Gasteiger partial charge in [0.2, 0.25) is 0 Å². The molecule has 2 aromatic carbocycles. The lowest BCUT2D eigenvalue weighted by molar-refractivity contribution is 0.0690. The Bertz CT molecular complexity index is 895. The van der Waals surface area contributed by atoms with Crippen LogP contribution in [0.1, 0.15) is 21.6 Å². The summed E-state index contributed by atoms with van der Waals surface area (Å²) in [6.07, 6.45) is 0. The zero-order valence-corrected chi connectivity index (χ0v) is 13.8. The van der Waals surface area contributed by atoms with E-state index in [1.807, 2.05) is 56.3 Å². The molecular formula is C19H18N2O3. The van der Waals surface area contributed by atoms with Crippen LogP contribution < -0.4 is 4.74 Å². The fraction of sp³-hybridized carbons (Fsp3) is 0.158. The van der Waals surface area contributed by atoms with Crippen molar-refractivity contribution in [3.8, 4) is 22.7 Å². The van der Waals surface area contributed by atoms with Gasteiger partial charge in [0.15, 0.2) is 5.69 Å². The molecule has 5 nitrogen and oxygen atoms in total. The van der Waals surface area contributed by atoms with Crippen molar-refractivity contribution >= 4 is 5.97 Å². The number of carboxylic acid groups (broad SMARTS) is 1. The number of nitrogens with zero attached hydrogens (tertiary/aromatic N) is 2. The fourth-order valence-electron chi connectivity index (χ4n) is 2.58. The van der Waals surface area contributed by atoms with Crippen LogP contribution in [0.2, 0.25) is 0 Å². The van der Waals surface area contributed by atoms with Gasteiger partial charge in [-0.1, -0.05) is 29.3 Å². The highest BCUT2D eigenvalue weighted by molar-refractivity contribution is 5.87. The van der Waals surface area contributed by atoms with E-state index in [0.29, 0.717) is 11.4 Å². The minimum absolute atomic E-state index is 0.00543. The van der Waals surface area contributed by atoms with Crippen LogP contribution in [0.5, 0.6) is 5.75 Å². The van der Waals surface area contributed by atoms with E-state index < -0.39 is 5.97 Å². The van der Waals surface area contributed by atoms with Crippen molar-refractivity contribution in [3.63, 3.8) is 0 Å². The predicted octanol–water partition coefficient (Wildman–Crippen LogP) is 3.86. The molecule has 5 heteroatoms. The normalized spacial score (nSPS) is 10.6. The van der Waals surface area contributed by atoms with E-state index in [9.17, 15) is 9.90 Å². The molecule has 0 saturated heterocycles. The summed E-state index contributed by atoms with van der Waals surface area (Å²) in [4.78, 5) is 11.4. The molecule has 0 bridgehead atoms. The maximum atomic E-state index is 11.4. The fourth-order valence-corrected chi connectivity index (χ4v) is 2.58. The molecule has 0 unspecified atom stereocenters. The first-order valence-electron chi connectivity index (χ1n) is 7.55. The molecule has 0 saturated carbocycles. The number of aromatic carboxylic acids is 1. The first-order valence-corrected chi connectivity index (χ1v) is 7.55. The van der Waals surface area contributed by atoms with Crippen LogP contribution >= 0.6 is 0 Å². The Morgan fingerprint density at radius 2 is 1.71 bits per heavy atom. The van der Waals surface area contributed by atoms with Gasteiger partial charge in [-0.25, -0.2) is 9.48 Å². The van der Waals surface area contributed by atoms with Gasteiger partial charge in [0, 0.05) is 5.56 Å². The Kier molecular flexibility index (Phi) is 4.08. The first-order chi connectivity index (χ1) is 11.5. The number of aromatic nitrogens is 2. The summed E-state index contributed by atoms with van der Waals surface area (Å²) in [7, 11) is 1.60. The molecule has 0 radical (unpaired) electrons. The maximum Gasteiger partial charge on any atom is 0.356 e. The van der Waals surface area contributed by atoms with Crippen LogP contribution in [0.15, 0.2) is 48.5 Å². The molecule has 0 aliphatic heterocycles. The quantitative estimate of drug-likeness (QED) is 0.792. The van der Waals surface area contributed by atoms with Crippen molar-refractivity contribution in [3.05, 3.63) is 65.4 Å². The molecule has 0 atom stereocenters. The maximum absolute atomic E-state index is 11.4. The molecule has 0 aliphatic carbocycles. The third-order valence-electron chi connectivity index (χ3n) is 3.84. The average Bonchev–Trinajstić information content (AvgIpc) is 3.01. The number of ether oxygens (including phenoxy) is 1. The highest BCUT2D eigenvalue weighted by atomic mass is 16.5. The van der Waals surface area contributed by atoms with Gasteiger partial charge in [-0.3, -0.25) is 0 Å². The average molecular weight is 322 g/mol. The van der Waals surface area contributed by atoms with Crippen molar-refractivity contribution in [1.82, 2.24) is 9.78 Å². The number of methoxy groups -OCH3 is 1. The third kappa shape index (κ3) is 2.88. The number of carboxylic acids is 1. The second-order valence-corrected chi connectivity index (χ2v) is 5.67. The molecule has 3 rings (SSSR count). The van der Waals surface area contributed by atoms with Gasteiger partial charge in [-0.05, 0) is 44.2 Å². The summed E-state index contributed by atoms with van der Waals surface area (Å²) < 4.78 is 7.09. The number of rotatable bonds is 4. The Morgan fingerprint density at radius 3 is 2.33 bits per heavy atom. The monoisotopic (exact) mass is 322 g/mol. The van der Waals surface area contributed by atoms with Crippen molar-refractivity contribution < 1.29 is 14.6 Å². The minimum Gasteiger partial charge on any atom is -0.496 e. The second-order valence-electron chi connectivity index (χ2n) is 5.67. The van der Waals surface area contributed by atoms with Gasteiger partial charge in [0.1, 0.15) is 5.75 Å². The molecule has 1 heterocycles. The molecule has 0 fully saturated rings. The van der Waals surface area contributed by atoms with Gasteiger partial charge in [0.25, 0.3) is 0 Å². The Morgan fingerprint density at radius 1 is 1.04 bits per heavy atom. The number of aryl methyl sites for hydroxylation is 2. The predicted molar refractivity (Wildman–Crippen MR) is 92.0 cm³/mol. The zero-order valence-electron chi connectivity index (χ0n) is 13.8. The van der Waals surface area contributed by atoms with E-state index in [1.165, 1.54) is 0 Å². The van der Waals surface area contributed by atoms with Crippen LogP contribution in [-0.2, 0) is 0 Å². The summed E-state index contributed by atoms with van der Waals surface area (Å²) in [6, 6.07) is 15.1. The van der Waals surface area contributed by atoms with Gasteiger partial charge >= 0.3 is 5.97 Å². The van der Waals surface area contributed by atoms with Gasteiger partial charge in [-0.2, -0.15) is 5.10 Å². The van der Waals surface area contributed by atoms with E-state index in [-0.39, 0.29) is 5.69 Å². The summed E-state index contributed by atoms with van der Waals surface area (Å²) in [5, 5.41) is 13.6. The molecular weight excluding hydrogens is 304 g/mol. The molecule has 3 aromatic rings. The number of carbonyl (C=O) groups is 1. The van der Waals surface area contributed by atoms with Crippen LogP contribution in [-0.4, -0.2) is 28.0 Å². The van der Waals surface area contributed by atoms with Gasteiger partial charge < -0.3 is 9.84 Å². The molecule has 0 spiro atoms. The van der Waals surface area contributed by atoms with Gasteiger partial charge in [-0.15, -0.1) is 0 Å². The smallest absolute Gasteiger partial charge is 0.356 e. The lowest BCUT2D eigenvalue weighted by atomic mass is 10.1. The third-order valence-corrected chi connectivity index (χ3v) is 3.84. The molecule has 0 amide bonds. The standard InChI is InChI=1S/C19H18N2O3/c1-12-4-7-14(8-5-12)21-17(11-16(20-21)19(22)23)15-10-13(2)6-9-18(15)24-3/h4-11H,1-3H3,(H,22,23). The summed E-state index contributed by atoms with van der Waals surface area (Å²) >= 11 is 0. The Hall–Kier alpha value is -3.08. The summed E-state index contributed by atoms with van der Waals surface area (Å²) in [5.74, 6) is -0.389. The Balaban J connectivity index is 2.25. The number of hydrogen-bond acceptors (Lipinski definition) is 3. The highest BCUT2D eigenvalue weighted by Crippen LogP contribution is 2.33. The lowest BCUT2D eigenvalue weighted by Gasteiger charge is -2.12. The van der Waals surface area contributed by atoms with Crippen molar-refractivity contribution in [1.29, 1.82) is 0 Å². The van der Waals surface area contributed by atoms with Gasteiger partial charge in [0.05, 0.1) is 18.5 Å². The molecule has 24 heavy (non-hydrogen) atoms. The molecule has 122 valence electrons. The van der Waals surface area contributed by atoms with Crippen LogP contribution in [0.3, 0.4) is 0 Å². The zero-order chi connectivity index (χ0) is 17.3. The van der Waals surface area contributed by atoms with Crippen molar-refractivity contribution in [2.24, 2.45) is 0 Å². The van der Waals surface area contributed by atoms with E-state index in [2.05, 4.69) is 5.10 Å². The van der Waals surface area contributed by atoms with Crippen LogP contribution in [0, 0.1) is 13.8 Å².